The third-order valence-electron chi connectivity index (χ3n) is 2.83. The summed E-state index contributed by atoms with van der Waals surface area (Å²) in [5.41, 5.74) is 0.544. The Labute approximate surface area is 124 Å². The van der Waals surface area contributed by atoms with E-state index >= 15 is 0 Å². The van der Waals surface area contributed by atoms with Crippen molar-refractivity contribution in [3.8, 4) is 0 Å². The molecule has 0 amide bonds. The van der Waals surface area contributed by atoms with E-state index in [-0.39, 0.29) is 23.0 Å². The van der Waals surface area contributed by atoms with Gasteiger partial charge in [0.25, 0.3) is 5.69 Å². The predicted octanol–water partition coefficient (Wildman–Crippen LogP) is 2.27. The molecule has 0 aliphatic carbocycles. The van der Waals surface area contributed by atoms with Gasteiger partial charge in [-0.25, -0.2) is 13.1 Å². The summed E-state index contributed by atoms with van der Waals surface area (Å²) in [6, 6.07) is 2.60. The minimum Gasteiger partial charge on any atom is -0.380 e. The predicted molar refractivity (Wildman–Crippen MR) is 82.0 cm³/mol. The highest BCUT2D eigenvalue weighted by Gasteiger charge is 2.23. The average Bonchev–Trinajstić information content (AvgIpc) is 2.36. The van der Waals surface area contributed by atoms with Gasteiger partial charge in [0, 0.05) is 19.2 Å². The summed E-state index contributed by atoms with van der Waals surface area (Å²) in [6.07, 6.45) is 0. The number of hydrogen-bond acceptors (Lipinski definition) is 5. The van der Waals surface area contributed by atoms with E-state index in [1.807, 2.05) is 20.8 Å². The lowest BCUT2D eigenvalue weighted by Crippen LogP contribution is -2.28. The highest BCUT2D eigenvalue weighted by atomic mass is 32.2. The largest absolute Gasteiger partial charge is 0.380 e. The Morgan fingerprint density at radius 3 is 2.43 bits per heavy atom. The van der Waals surface area contributed by atoms with Crippen LogP contribution in [0.2, 0.25) is 0 Å². The first-order valence-corrected chi connectivity index (χ1v) is 8.20. The van der Waals surface area contributed by atoms with E-state index in [1.165, 1.54) is 6.07 Å². The number of sulfonamides is 1. The van der Waals surface area contributed by atoms with E-state index in [9.17, 15) is 18.5 Å². The van der Waals surface area contributed by atoms with Crippen molar-refractivity contribution < 1.29 is 13.3 Å². The summed E-state index contributed by atoms with van der Waals surface area (Å²) in [6.45, 7) is 7.99. The molecule has 0 fully saturated rings. The molecule has 0 aromatic heterocycles. The Morgan fingerprint density at radius 2 is 1.95 bits per heavy atom. The van der Waals surface area contributed by atoms with Crippen LogP contribution in [0.1, 0.15) is 26.3 Å². The second-order valence-corrected chi connectivity index (χ2v) is 6.90. The minimum absolute atomic E-state index is 0.0588. The van der Waals surface area contributed by atoms with Crippen LogP contribution in [0.15, 0.2) is 17.0 Å². The maximum Gasteiger partial charge on any atom is 0.293 e. The van der Waals surface area contributed by atoms with Gasteiger partial charge in [-0.05, 0) is 31.4 Å². The van der Waals surface area contributed by atoms with E-state index in [0.717, 1.165) is 6.07 Å². The van der Waals surface area contributed by atoms with Gasteiger partial charge in [-0.1, -0.05) is 13.8 Å². The molecule has 118 valence electrons. The highest BCUT2D eigenvalue weighted by Crippen LogP contribution is 2.30. The van der Waals surface area contributed by atoms with E-state index < -0.39 is 14.9 Å². The quantitative estimate of drug-likeness (QED) is 0.593. The van der Waals surface area contributed by atoms with Crippen LogP contribution in [0, 0.1) is 23.0 Å². The fourth-order valence-electron chi connectivity index (χ4n) is 1.80. The lowest BCUT2D eigenvalue weighted by atomic mass is 10.2. The normalized spacial score (nSPS) is 11.7. The van der Waals surface area contributed by atoms with Crippen LogP contribution < -0.4 is 10.0 Å². The van der Waals surface area contributed by atoms with E-state index in [0.29, 0.717) is 17.8 Å². The van der Waals surface area contributed by atoms with Crippen molar-refractivity contribution in [2.45, 2.75) is 32.6 Å². The monoisotopic (exact) mass is 315 g/mol. The molecule has 0 spiro atoms. The Bertz CT molecular complexity index is 627. The zero-order valence-corrected chi connectivity index (χ0v) is 13.5. The van der Waals surface area contributed by atoms with Crippen molar-refractivity contribution in [1.82, 2.24) is 4.72 Å². The van der Waals surface area contributed by atoms with Crippen LogP contribution in [0.25, 0.3) is 0 Å². The maximum atomic E-state index is 12.2. The number of benzene rings is 1. The van der Waals surface area contributed by atoms with E-state index in [2.05, 4.69) is 10.0 Å². The number of nitrogens with one attached hydrogen (secondary N) is 2. The van der Waals surface area contributed by atoms with Gasteiger partial charge < -0.3 is 5.32 Å². The fraction of sp³-hybridized carbons (Fsp3) is 0.538. The van der Waals surface area contributed by atoms with Crippen LogP contribution in [0.3, 0.4) is 0 Å². The molecule has 0 bridgehead atoms. The van der Waals surface area contributed by atoms with E-state index in [1.54, 1.807) is 6.92 Å². The third kappa shape index (κ3) is 4.40. The molecule has 0 saturated carbocycles. The first-order valence-electron chi connectivity index (χ1n) is 6.71. The first-order chi connectivity index (χ1) is 9.69. The molecule has 0 saturated heterocycles. The molecule has 1 aromatic rings. The molecule has 21 heavy (non-hydrogen) atoms. The van der Waals surface area contributed by atoms with Crippen molar-refractivity contribution in [1.29, 1.82) is 0 Å². The standard InChI is InChI=1S/C13H21N3O4S/c1-5-14-11-6-10(4)13(7-12(11)16(17)18)21(19,20)15-8-9(2)3/h6-7,9,14-15H,5,8H2,1-4H3. The second-order valence-electron chi connectivity index (χ2n) is 5.17. The summed E-state index contributed by atoms with van der Waals surface area (Å²) in [5, 5.41) is 14.0. The average molecular weight is 315 g/mol. The van der Waals surface area contributed by atoms with Crippen LogP contribution in [-0.4, -0.2) is 26.4 Å². The van der Waals surface area contributed by atoms with Crippen molar-refractivity contribution in [2.75, 3.05) is 18.4 Å². The second kappa shape index (κ2) is 6.86. The summed E-state index contributed by atoms with van der Waals surface area (Å²) >= 11 is 0. The zero-order chi connectivity index (χ0) is 16.2. The third-order valence-corrected chi connectivity index (χ3v) is 4.39. The lowest BCUT2D eigenvalue weighted by molar-refractivity contribution is -0.384. The lowest BCUT2D eigenvalue weighted by Gasteiger charge is -2.13. The van der Waals surface area contributed by atoms with Crippen LogP contribution >= 0.6 is 0 Å². The molecule has 7 nitrogen and oxygen atoms in total. The highest BCUT2D eigenvalue weighted by molar-refractivity contribution is 7.89. The zero-order valence-electron chi connectivity index (χ0n) is 12.6. The number of anilines is 1. The molecule has 2 N–H and O–H groups in total. The molecule has 0 aliphatic rings. The first kappa shape index (κ1) is 17.4. The molecule has 8 heteroatoms. The molecule has 0 aliphatic heterocycles. The Balaban J connectivity index is 3.31. The molecule has 0 radical (unpaired) electrons. The van der Waals surface area contributed by atoms with Gasteiger partial charge in [-0.15, -0.1) is 0 Å². The Hall–Kier alpha value is -1.67. The number of nitrogens with zero attached hydrogens (tertiary/aromatic N) is 1. The van der Waals surface area contributed by atoms with Crippen LogP contribution in [0.5, 0.6) is 0 Å². The summed E-state index contributed by atoms with van der Waals surface area (Å²) in [4.78, 5) is 10.5. The summed E-state index contributed by atoms with van der Waals surface area (Å²) in [5.74, 6) is 0.149. The smallest absolute Gasteiger partial charge is 0.293 e. The van der Waals surface area contributed by atoms with Gasteiger partial charge in [0.2, 0.25) is 10.0 Å². The van der Waals surface area contributed by atoms with Gasteiger partial charge >= 0.3 is 0 Å². The Kier molecular flexibility index (Phi) is 5.68. The van der Waals surface area contributed by atoms with Crippen molar-refractivity contribution in [3.63, 3.8) is 0 Å². The van der Waals surface area contributed by atoms with Gasteiger partial charge in [0.15, 0.2) is 0 Å². The van der Waals surface area contributed by atoms with Gasteiger partial charge in [0.1, 0.15) is 5.69 Å². The maximum absolute atomic E-state index is 12.2. The molecule has 1 rings (SSSR count). The van der Waals surface area contributed by atoms with Gasteiger partial charge in [-0.2, -0.15) is 0 Å². The van der Waals surface area contributed by atoms with Gasteiger partial charge in [0.05, 0.1) is 9.82 Å². The van der Waals surface area contributed by atoms with Crippen LogP contribution in [-0.2, 0) is 10.0 Å². The number of nitro benzene ring substituents is 1. The molecular formula is C13H21N3O4S. The number of rotatable bonds is 7. The molecule has 0 atom stereocenters. The van der Waals surface area contributed by atoms with Crippen molar-refractivity contribution in [2.24, 2.45) is 5.92 Å². The van der Waals surface area contributed by atoms with E-state index in [4.69, 9.17) is 0 Å². The van der Waals surface area contributed by atoms with Crippen LogP contribution in [0.4, 0.5) is 11.4 Å². The number of nitro groups is 1. The summed E-state index contributed by atoms with van der Waals surface area (Å²) in [7, 11) is -3.76. The molecule has 0 heterocycles. The number of hydrogen-bond donors (Lipinski definition) is 2. The topological polar surface area (TPSA) is 101 Å². The van der Waals surface area contributed by atoms with Crippen molar-refractivity contribution in [3.05, 3.63) is 27.8 Å². The molecule has 0 unspecified atom stereocenters. The molecule has 1 aromatic carbocycles. The van der Waals surface area contributed by atoms with Crippen molar-refractivity contribution >= 4 is 21.4 Å². The van der Waals surface area contributed by atoms with Gasteiger partial charge in [-0.3, -0.25) is 10.1 Å². The Morgan fingerprint density at radius 1 is 1.33 bits per heavy atom. The summed E-state index contributed by atoms with van der Waals surface area (Å²) < 4.78 is 27.0. The minimum atomic E-state index is -3.76. The SMILES string of the molecule is CCNc1cc(C)c(S(=O)(=O)NCC(C)C)cc1[N+](=O)[O-]. The number of aryl methyl sites for hydroxylation is 1. The molecular weight excluding hydrogens is 294 g/mol. The fourth-order valence-corrected chi connectivity index (χ4v) is 3.26.